The van der Waals surface area contributed by atoms with Gasteiger partial charge in [-0.2, -0.15) is 0 Å². The Bertz CT molecular complexity index is 629. The maximum Gasteiger partial charge on any atom is 0.322 e. The third-order valence-electron chi connectivity index (χ3n) is 3.45. The van der Waals surface area contributed by atoms with E-state index in [0.29, 0.717) is 28.7 Å². The zero-order valence-electron chi connectivity index (χ0n) is 11.5. The Hall–Kier alpha value is -0.980. The molecule has 0 aliphatic carbocycles. The minimum atomic E-state index is -3.05. The van der Waals surface area contributed by atoms with Crippen molar-refractivity contribution in [2.75, 3.05) is 23.4 Å². The summed E-state index contributed by atoms with van der Waals surface area (Å²) in [6, 6.07) is 4.23. The van der Waals surface area contributed by atoms with E-state index in [2.05, 4.69) is 5.32 Å². The summed E-state index contributed by atoms with van der Waals surface area (Å²) in [5.74, 6) is 0.124. The molecule has 0 aromatic heterocycles. The summed E-state index contributed by atoms with van der Waals surface area (Å²) in [5, 5.41) is 3.34. The van der Waals surface area contributed by atoms with Crippen LogP contribution in [0.4, 0.5) is 10.5 Å². The molecule has 1 saturated heterocycles. The molecule has 1 fully saturated rings. The van der Waals surface area contributed by atoms with Gasteiger partial charge in [0.2, 0.25) is 0 Å². The van der Waals surface area contributed by atoms with Gasteiger partial charge in [0.05, 0.1) is 27.2 Å². The van der Waals surface area contributed by atoms with E-state index in [0.717, 1.165) is 0 Å². The number of hydrogen-bond acceptors (Lipinski definition) is 3. The lowest BCUT2D eigenvalue weighted by Crippen LogP contribution is -2.43. The molecule has 1 N–H and O–H groups in total. The maximum absolute atomic E-state index is 12.3. The van der Waals surface area contributed by atoms with Crippen molar-refractivity contribution in [1.29, 1.82) is 0 Å². The molecule has 8 heteroatoms. The van der Waals surface area contributed by atoms with Crippen molar-refractivity contribution in [2.24, 2.45) is 0 Å². The number of rotatable bonds is 3. The molecule has 1 aromatic carbocycles. The first-order valence-electron chi connectivity index (χ1n) is 6.56. The fourth-order valence-electron chi connectivity index (χ4n) is 2.38. The number of sulfone groups is 1. The molecular weight excluding hydrogens is 335 g/mol. The highest BCUT2D eigenvalue weighted by molar-refractivity contribution is 7.91. The van der Waals surface area contributed by atoms with Crippen LogP contribution in [-0.4, -0.2) is 43.4 Å². The fraction of sp³-hybridized carbons (Fsp3) is 0.462. The second-order valence-electron chi connectivity index (χ2n) is 4.87. The van der Waals surface area contributed by atoms with E-state index in [9.17, 15) is 13.2 Å². The molecule has 0 radical (unpaired) electrons. The Morgan fingerprint density at radius 2 is 2.00 bits per heavy atom. The number of hydrogen-bond donors (Lipinski definition) is 1. The molecule has 2 rings (SSSR count). The number of carbonyl (C=O) groups is 1. The highest BCUT2D eigenvalue weighted by Crippen LogP contribution is 2.30. The molecule has 1 aliphatic heterocycles. The van der Waals surface area contributed by atoms with E-state index in [1.54, 1.807) is 25.1 Å². The lowest BCUT2D eigenvalue weighted by atomic mass is 10.2. The summed E-state index contributed by atoms with van der Waals surface area (Å²) in [6.45, 7) is 2.22. The first-order valence-corrected chi connectivity index (χ1v) is 9.14. The number of anilines is 1. The molecule has 1 aromatic rings. The van der Waals surface area contributed by atoms with Crippen molar-refractivity contribution >= 4 is 44.8 Å². The molecule has 0 saturated carbocycles. The van der Waals surface area contributed by atoms with Crippen molar-refractivity contribution in [1.82, 2.24) is 4.90 Å². The van der Waals surface area contributed by atoms with Crippen LogP contribution in [0.2, 0.25) is 10.0 Å². The minimum absolute atomic E-state index is 0.00448. The zero-order valence-corrected chi connectivity index (χ0v) is 13.8. The molecule has 1 atom stereocenters. The van der Waals surface area contributed by atoms with Crippen molar-refractivity contribution in [2.45, 2.75) is 19.4 Å². The van der Waals surface area contributed by atoms with Crippen LogP contribution in [0.25, 0.3) is 0 Å². The largest absolute Gasteiger partial charge is 0.322 e. The molecule has 0 bridgehead atoms. The van der Waals surface area contributed by atoms with Gasteiger partial charge in [-0.1, -0.05) is 29.3 Å². The summed E-state index contributed by atoms with van der Waals surface area (Å²) in [6.07, 6.45) is 0.458. The number of amides is 2. The quantitative estimate of drug-likeness (QED) is 0.910. The standard InChI is InChI=1S/C13H16Cl2N2O3S/c1-2-17(9-6-7-21(19,20)8-9)13(18)16-12-10(14)4-3-5-11(12)15/h3-5,9H,2,6-8H2,1H3,(H,16,18). The summed E-state index contributed by atoms with van der Waals surface area (Å²) in [7, 11) is -3.05. The normalized spacial score (nSPS) is 20.2. The summed E-state index contributed by atoms with van der Waals surface area (Å²) < 4.78 is 23.1. The topological polar surface area (TPSA) is 66.5 Å². The van der Waals surface area contributed by atoms with E-state index in [-0.39, 0.29) is 17.5 Å². The van der Waals surface area contributed by atoms with Crippen molar-refractivity contribution in [3.63, 3.8) is 0 Å². The van der Waals surface area contributed by atoms with Gasteiger partial charge in [0.25, 0.3) is 0 Å². The van der Waals surface area contributed by atoms with E-state index >= 15 is 0 Å². The average Bonchev–Trinajstić information content (AvgIpc) is 2.75. The van der Waals surface area contributed by atoms with Gasteiger partial charge in [-0.15, -0.1) is 0 Å². The number of urea groups is 1. The Labute approximate surface area is 134 Å². The van der Waals surface area contributed by atoms with E-state index in [1.807, 2.05) is 0 Å². The van der Waals surface area contributed by atoms with Gasteiger partial charge >= 0.3 is 6.03 Å². The summed E-state index contributed by atoms with van der Waals surface area (Å²) >= 11 is 12.0. The maximum atomic E-state index is 12.3. The lowest BCUT2D eigenvalue weighted by molar-refractivity contribution is 0.197. The number of nitrogens with zero attached hydrogens (tertiary/aromatic N) is 1. The number of benzene rings is 1. The predicted octanol–water partition coefficient (Wildman–Crippen LogP) is 3.03. The van der Waals surface area contributed by atoms with E-state index < -0.39 is 15.9 Å². The van der Waals surface area contributed by atoms with Crippen LogP contribution in [0.3, 0.4) is 0 Å². The Kier molecular flexibility index (Phi) is 5.01. The molecule has 1 aliphatic rings. The smallest absolute Gasteiger partial charge is 0.321 e. The first kappa shape index (κ1) is 16.4. The molecule has 21 heavy (non-hydrogen) atoms. The average molecular weight is 351 g/mol. The molecule has 2 amide bonds. The van der Waals surface area contributed by atoms with Gasteiger partial charge in [0.1, 0.15) is 0 Å². The molecular formula is C13H16Cl2N2O3S. The van der Waals surface area contributed by atoms with E-state index in [4.69, 9.17) is 23.2 Å². The fourth-order valence-corrected chi connectivity index (χ4v) is 4.61. The Balaban J connectivity index is 2.15. The van der Waals surface area contributed by atoms with Crippen LogP contribution < -0.4 is 5.32 Å². The van der Waals surface area contributed by atoms with Gasteiger partial charge in [-0.3, -0.25) is 0 Å². The number of para-hydroxylation sites is 1. The van der Waals surface area contributed by atoms with Gasteiger partial charge in [0, 0.05) is 12.6 Å². The SMILES string of the molecule is CCN(C(=O)Nc1c(Cl)cccc1Cl)C1CCS(=O)(=O)C1. The highest BCUT2D eigenvalue weighted by atomic mass is 35.5. The minimum Gasteiger partial charge on any atom is -0.321 e. The first-order chi connectivity index (χ1) is 9.84. The van der Waals surface area contributed by atoms with Gasteiger partial charge in [0.15, 0.2) is 9.84 Å². The number of nitrogens with one attached hydrogen (secondary N) is 1. The van der Waals surface area contributed by atoms with Crippen molar-refractivity contribution in [3.05, 3.63) is 28.2 Å². The number of halogens is 2. The summed E-state index contributed by atoms with van der Waals surface area (Å²) in [5.41, 5.74) is 0.338. The molecule has 116 valence electrons. The van der Waals surface area contributed by atoms with E-state index in [1.165, 1.54) is 4.90 Å². The lowest BCUT2D eigenvalue weighted by Gasteiger charge is -2.27. The highest BCUT2D eigenvalue weighted by Gasteiger charge is 2.34. The van der Waals surface area contributed by atoms with Crippen LogP contribution >= 0.6 is 23.2 Å². The van der Waals surface area contributed by atoms with Crippen LogP contribution in [0.15, 0.2) is 18.2 Å². The van der Waals surface area contributed by atoms with Crippen molar-refractivity contribution < 1.29 is 13.2 Å². The molecule has 5 nitrogen and oxygen atoms in total. The molecule has 1 heterocycles. The van der Waals surface area contributed by atoms with Gasteiger partial charge in [-0.05, 0) is 25.5 Å². The van der Waals surface area contributed by atoms with Crippen LogP contribution in [-0.2, 0) is 9.84 Å². The molecule has 1 unspecified atom stereocenters. The van der Waals surface area contributed by atoms with Crippen molar-refractivity contribution in [3.8, 4) is 0 Å². The second-order valence-corrected chi connectivity index (χ2v) is 7.91. The Morgan fingerprint density at radius 1 is 1.38 bits per heavy atom. The summed E-state index contributed by atoms with van der Waals surface area (Å²) in [4.78, 5) is 13.9. The van der Waals surface area contributed by atoms with Gasteiger partial charge in [-0.25, -0.2) is 13.2 Å². The zero-order chi connectivity index (χ0) is 15.6. The van der Waals surface area contributed by atoms with Gasteiger partial charge < -0.3 is 10.2 Å². The third kappa shape index (κ3) is 3.81. The molecule has 0 spiro atoms. The number of carbonyl (C=O) groups excluding carboxylic acids is 1. The van der Waals surface area contributed by atoms with Crippen LogP contribution in [0, 0.1) is 0 Å². The van der Waals surface area contributed by atoms with Crippen LogP contribution in [0.5, 0.6) is 0 Å². The second kappa shape index (κ2) is 6.42. The van der Waals surface area contributed by atoms with Crippen LogP contribution in [0.1, 0.15) is 13.3 Å². The Morgan fingerprint density at radius 3 is 2.48 bits per heavy atom. The monoisotopic (exact) mass is 350 g/mol. The third-order valence-corrected chi connectivity index (χ3v) is 5.83. The predicted molar refractivity (Wildman–Crippen MR) is 84.9 cm³/mol.